The van der Waals surface area contributed by atoms with Gasteiger partial charge >= 0.3 is 0 Å². The number of benzene rings is 4. The van der Waals surface area contributed by atoms with Gasteiger partial charge in [0.05, 0.1) is 12.7 Å². The minimum atomic E-state index is -1.03. The van der Waals surface area contributed by atoms with Crippen LogP contribution in [-0.4, -0.2) is 7.11 Å². The lowest BCUT2D eigenvalue weighted by molar-refractivity contribution is 0.360. The summed E-state index contributed by atoms with van der Waals surface area (Å²) in [6.07, 6.45) is 0.919. The second-order valence-electron chi connectivity index (χ2n) is 7.04. The summed E-state index contributed by atoms with van der Waals surface area (Å²) in [5.74, 6) is -4.47. The molecule has 152 valence electrons. The van der Waals surface area contributed by atoms with E-state index >= 15 is 0 Å². The van der Waals surface area contributed by atoms with E-state index in [-0.39, 0.29) is 5.56 Å². The zero-order valence-corrected chi connectivity index (χ0v) is 16.4. The molecular formula is C25H18F4O. The fourth-order valence-corrected chi connectivity index (χ4v) is 3.61. The monoisotopic (exact) mass is 410 g/mol. The summed E-state index contributed by atoms with van der Waals surface area (Å²) in [6, 6.07) is 15.7. The van der Waals surface area contributed by atoms with Crippen LogP contribution in [0.15, 0.2) is 60.7 Å². The van der Waals surface area contributed by atoms with Crippen LogP contribution in [-0.2, 0) is 6.42 Å². The van der Waals surface area contributed by atoms with Gasteiger partial charge in [-0.2, -0.15) is 0 Å². The van der Waals surface area contributed by atoms with E-state index in [2.05, 4.69) is 17.7 Å². The second-order valence-corrected chi connectivity index (χ2v) is 7.04. The number of fused-ring (bicyclic) bond motifs is 1. The molecule has 0 fully saturated rings. The quantitative estimate of drug-likeness (QED) is 0.321. The average Bonchev–Trinajstić information content (AvgIpc) is 2.72. The summed E-state index contributed by atoms with van der Waals surface area (Å²) < 4.78 is 62.3. The molecule has 0 aliphatic carbocycles. The Balaban J connectivity index is 1.79. The Kier molecular flexibility index (Phi) is 5.20. The molecule has 0 N–H and O–H groups in total. The van der Waals surface area contributed by atoms with Crippen molar-refractivity contribution in [1.82, 2.24) is 0 Å². The van der Waals surface area contributed by atoms with Gasteiger partial charge in [0.2, 0.25) is 0 Å². The largest absolute Gasteiger partial charge is 0.491 e. The number of hydrogen-bond acceptors (Lipinski definition) is 1. The number of rotatable bonds is 4. The van der Waals surface area contributed by atoms with Gasteiger partial charge in [0, 0.05) is 0 Å². The maximum absolute atomic E-state index is 14.8. The molecule has 0 bridgehead atoms. The van der Waals surface area contributed by atoms with Crippen LogP contribution in [0.3, 0.4) is 0 Å². The van der Waals surface area contributed by atoms with Gasteiger partial charge in [0.25, 0.3) is 0 Å². The molecule has 0 spiro atoms. The second kappa shape index (κ2) is 7.82. The van der Waals surface area contributed by atoms with E-state index in [1.165, 1.54) is 17.7 Å². The molecule has 4 aromatic carbocycles. The van der Waals surface area contributed by atoms with Crippen molar-refractivity contribution < 1.29 is 22.3 Å². The standard InChI is InChI=1S/C25H18F4O/c1-3-14-4-5-16-9-17(7-6-15(16)8-14)18-10-20(26)24(21(27)11-18)19-12-22(28)25(30-2)23(29)13-19/h4-13H,3H2,1-2H3. The molecule has 0 atom stereocenters. The maximum atomic E-state index is 14.8. The van der Waals surface area contributed by atoms with Crippen LogP contribution in [0.2, 0.25) is 0 Å². The van der Waals surface area contributed by atoms with E-state index < -0.39 is 34.6 Å². The molecule has 1 nitrogen and oxygen atoms in total. The molecule has 5 heteroatoms. The minimum Gasteiger partial charge on any atom is -0.491 e. The van der Waals surface area contributed by atoms with Gasteiger partial charge in [-0.1, -0.05) is 37.3 Å². The van der Waals surface area contributed by atoms with Crippen LogP contribution in [0.25, 0.3) is 33.0 Å². The zero-order valence-electron chi connectivity index (χ0n) is 16.4. The lowest BCUT2D eigenvalue weighted by Gasteiger charge is -2.11. The van der Waals surface area contributed by atoms with Crippen LogP contribution in [0.5, 0.6) is 5.75 Å². The third kappa shape index (κ3) is 3.52. The number of methoxy groups -OCH3 is 1. The summed E-state index contributed by atoms with van der Waals surface area (Å²) in [5, 5.41) is 1.99. The Morgan fingerprint density at radius 3 is 1.80 bits per heavy atom. The van der Waals surface area contributed by atoms with Gasteiger partial charge in [-0.3, -0.25) is 0 Å². The van der Waals surface area contributed by atoms with Crippen LogP contribution in [0, 0.1) is 23.3 Å². The zero-order chi connectivity index (χ0) is 21.4. The SMILES string of the molecule is CCc1ccc2cc(-c3cc(F)c(-c4cc(F)c(OC)c(F)c4)c(F)c3)ccc2c1. The molecule has 0 aromatic heterocycles. The van der Waals surface area contributed by atoms with E-state index in [4.69, 9.17) is 0 Å². The Labute approximate surface area is 171 Å². The number of ether oxygens (including phenoxy) is 1. The first-order valence-electron chi connectivity index (χ1n) is 9.46. The van der Waals surface area contributed by atoms with Crippen molar-refractivity contribution in [2.45, 2.75) is 13.3 Å². The number of hydrogen-bond donors (Lipinski definition) is 0. The molecule has 0 saturated heterocycles. The van der Waals surface area contributed by atoms with Crippen molar-refractivity contribution in [1.29, 1.82) is 0 Å². The minimum absolute atomic E-state index is 0.238. The van der Waals surface area contributed by atoms with E-state index in [9.17, 15) is 17.6 Å². The third-order valence-electron chi connectivity index (χ3n) is 5.18. The molecule has 0 radical (unpaired) electrons. The Morgan fingerprint density at radius 1 is 0.633 bits per heavy atom. The van der Waals surface area contributed by atoms with Crippen molar-refractivity contribution in [3.05, 3.63) is 89.5 Å². The van der Waals surface area contributed by atoms with Gasteiger partial charge in [-0.05, 0) is 69.8 Å². The Hall–Kier alpha value is -3.34. The van der Waals surface area contributed by atoms with Gasteiger partial charge in [0.15, 0.2) is 17.4 Å². The first-order valence-corrected chi connectivity index (χ1v) is 9.46. The topological polar surface area (TPSA) is 9.23 Å². The molecule has 0 saturated carbocycles. The molecule has 4 rings (SSSR count). The normalized spacial score (nSPS) is 11.1. The van der Waals surface area contributed by atoms with Crippen molar-refractivity contribution in [2.24, 2.45) is 0 Å². The summed E-state index contributed by atoms with van der Waals surface area (Å²) in [5.41, 5.74) is 1.45. The van der Waals surface area contributed by atoms with Crippen molar-refractivity contribution >= 4 is 10.8 Å². The van der Waals surface area contributed by atoms with Gasteiger partial charge in [-0.15, -0.1) is 0 Å². The third-order valence-corrected chi connectivity index (χ3v) is 5.18. The molecule has 0 aliphatic rings. The highest BCUT2D eigenvalue weighted by atomic mass is 19.1. The van der Waals surface area contributed by atoms with Crippen molar-refractivity contribution in [2.75, 3.05) is 7.11 Å². The summed E-state index contributed by atoms with van der Waals surface area (Å²) >= 11 is 0. The fraction of sp³-hybridized carbons (Fsp3) is 0.120. The average molecular weight is 410 g/mol. The lowest BCUT2D eigenvalue weighted by atomic mass is 9.96. The van der Waals surface area contributed by atoms with Crippen LogP contribution >= 0.6 is 0 Å². The van der Waals surface area contributed by atoms with Crippen molar-refractivity contribution in [3.63, 3.8) is 0 Å². The highest BCUT2D eigenvalue weighted by molar-refractivity contribution is 5.88. The fourth-order valence-electron chi connectivity index (χ4n) is 3.61. The number of aryl methyl sites for hydroxylation is 1. The predicted molar refractivity (Wildman–Crippen MR) is 111 cm³/mol. The molecule has 30 heavy (non-hydrogen) atoms. The Morgan fingerprint density at radius 2 is 1.20 bits per heavy atom. The van der Waals surface area contributed by atoms with E-state index in [0.29, 0.717) is 11.1 Å². The molecular weight excluding hydrogens is 392 g/mol. The molecule has 0 aliphatic heterocycles. The van der Waals surface area contributed by atoms with Crippen LogP contribution in [0.1, 0.15) is 12.5 Å². The van der Waals surface area contributed by atoms with Crippen LogP contribution in [0.4, 0.5) is 17.6 Å². The molecule has 0 amide bonds. The summed E-state index contributed by atoms with van der Waals surface area (Å²) in [6.45, 7) is 2.07. The highest BCUT2D eigenvalue weighted by Gasteiger charge is 2.19. The highest BCUT2D eigenvalue weighted by Crippen LogP contribution is 2.35. The van der Waals surface area contributed by atoms with Gasteiger partial charge in [-0.25, -0.2) is 17.6 Å². The van der Waals surface area contributed by atoms with E-state index in [1.807, 2.05) is 24.3 Å². The summed E-state index contributed by atoms with van der Waals surface area (Å²) in [7, 11) is 1.11. The first kappa shape index (κ1) is 20.0. The van der Waals surface area contributed by atoms with E-state index in [1.54, 1.807) is 6.07 Å². The van der Waals surface area contributed by atoms with Crippen LogP contribution < -0.4 is 4.74 Å². The van der Waals surface area contributed by atoms with Gasteiger partial charge in [0.1, 0.15) is 11.6 Å². The number of halogens is 4. The van der Waals surface area contributed by atoms with E-state index in [0.717, 1.165) is 36.4 Å². The Bertz CT molecular complexity index is 1220. The first-order chi connectivity index (χ1) is 14.4. The van der Waals surface area contributed by atoms with Gasteiger partial charge < -0.3 is 4.74 Å². The molecule has 0 unspecified atom stereocenters. The molecule has 4 aromatic rings. The molecule has 0 heterocycles. The lowest BCUT2D eigenvalue weighted by Crippen LogP contribution is -1.97. The maximum Gasteiger partial charge on any atom is 0.190 e. The smallest absolute Gasteiger partial charge is 0.190 e. The summed E-state index contributed by atoms with van der Waals surface area (Å²) in [4.78, 5) is 0. The predicted octanol–water partition coefficient (Wildman–Crippen LogP) is 7.30. The van der Waals surface area contributed by atoms with Crippen molar-refractivity contribution in [3.8, 4) is 28.0 Å².